The standard InChI is InChI=1S/C15H9N2OS.C5H5.Fe/c18-14-13(9-10-5-1-2-6-10)19-15-16-11-7-3-4-8-12(11)17(14)15;1-2-4-5-3-1;/h1-9H;1-5H;/q2*-1;+2/b13-9-;;. The molecule has 124 valence electrons. The Labute approximate surface area is 159 Å². The minimum atomic E-state index is 0. The van der Waals surface area contributed by atoms with Crippen LogP contribution in [0.4, 0.5) is 0 Å². The van der Waals surface area contributed by atoms with Gasteiger partial charge >= 0.3 is 17.1 Å². The zero-order valence-electron chi connectivity index (χ0n) is 13.1. The fourth-order valence-corrected chi connectivity index (χ4v) is 3.56. The molecule has 0 radical (unpaired) electrons. The van der Waals surface area contributed by atoms with E-state index in [0.29, 0.717) is 0 Å². The summed E-state index contributed by atoms with van der Waals surface area (Å²) < 4.78 is 2.41. The van der Waals surface area contributed by atoms with Crippen molar-refractivity contribution in [3.63, 3.8) is 0 Å². The molecule has 0 unspecified atom stereocenters. The van der Waals surface area contributed by atoms with Crippen LogP contribution in [0.2, 0.25) is 0 Å². The summed E-state index contributed by atoms with van der Waals surface area (Å²) in [7, 11) is 0. The number of thiazole rings is 1. The van der Waals surface area contributed by atoms with Crippen LogP contribution in [0.1, 0.15) is 5.56 Å². The molecule has 0 saturated heterocycles. The van der Waals surface area contributed by atoms with Gasteiger partial charge in [-0.15, -0.1) is 23.5 Å². The molecule has 0 fully saturated rings. The Morgan fingerprint density at radius 1 is 1.00 bits per heavy atom. The Kier molecular flexibility index (Phi) is 5.29. The van der Waals surface area contributed by atoms with E-state index in [-0.39, 0.29) is 22.6 Å². The first-order chi connectivity index (χ1) is 11.8. The van der Waals surface area contributed by atoms with E-state index in [4.69, 9.17) is 0 Å². The number of aromatic nitrogens is 2. The van der Waals surface area contributed by atoms with E-state index < -0.39 is 0 Å². The van der Waals surface area contributed by atoms with Gasteiger partial charge in [-0.2, -0.15) is 42.0 Å². The van der Waals surface area contributed by atoms with Crippen LogP contribution >= 0.6 is 11.3 Å². The van der Waals surface area contributed by atoms with Crippen molar-refractivity contribution < 1.29 is 17.1 Å². The van der Waals surface area contributed by atoms with Crippen LogP contribution in [0.5, 0.6) is 0 Å². The number of benzene rings is 1. The second-order valence-electron chi connectivity index (χ2n) is 5.31. The van der Waals surface area contributed by atoms with Gasteiger partial charge in [0.15, 0.2) is 4.96 Å². The molecule has 0 aliphatic rings. The van der Waals surface area contributed by atoms with Crippen LogP contribution in [-0.2, 0) is 17.1 Å². The van der Waals surface area contributed by atoms with Gasteiger partial charge in [-0.25, -0.2) is 21.5 Å². The third-order valence-corrected chi connectivity index (χ3v) is 4.66. The molecule has 0 saturated carbocycles. The summed E-state index contributed by atoms with van der Waals surface area (Å²) in [4.78, 5) is 17.7. The number of hydrogen-bond acceptors (Lipinski definition) is 3. The molecule has 0 aliphatic carbocycles. The SMILES string of the molecule is O=c1/c(=C/c2ccc[cH-]2)sc2nc3ccccc3n12.[Fe+2].c1cc[cH-]c1. The fourth-order valence-electron chi connectivity index (χ4n) is 2.57. The maximum atomic E-state index is 12.4. The van der Waals surface area contributed by atoms with E-state index >= 15 is 0 Å². The van der Waals surface area contributed by atoms with Crippen molar-refractivity contribution in [2.75, 3.05) is 0 Å². The molecule has 0 aliphatic heterocycles. The first kappa shape index (κ1) is 17.4. The van der Waals surface area contributed by atoms with Crippen LogP contribution < -0.4 is 10.1 Å². The van der Waals surface area contributed by atoms with Crippen LogP contribution in [-0.4, -0.2) is 9.38 Å². The van der Waals surface area contributed by atoms with Crippen LogP contribution in [0.25, 0.3) is 22.1 Å². The summed E-state index contributed by atoms with van der Waals surface area (Å²) in [5.74, 6) is 0. The number of para-hydroxylation sites is 2. The zero-order valence-corrected chi connectivity index (χ0v) is 15.1. The molecule has 25 heavy (non-hydrogen) atoms. The zero-order chi connectivity index (χ0) is 16.4. The van der Waals surface area contributed by atoms with E-state index in [0.717, 1.165) is 26.1 Å². The third kappa shape index (κ3) is 3.49. The molecule has 0 N–H and O–H groups in total. The van der Waals surface area contributed by atoms with Gasteiger partial charge in [0, 0.05) is 0 Å². The van der Waals surface area contributed by atoms with Crippen LogP contribution in [0.15, 0.2) is 83.7 Å². The Morgan fingerprint density at radius 2 is 1.80 bits per heavy atom. The molecule has 5 heteroatoms. The summed E-state index contributed by atoms with van der Waals surface area (Å²) in [5, 5.41) is 0. The number of hydrogen-bond donors (Lipinski definition) is 0. The number of nitrogens with zero attached hydrogens (tertiary/aromatic N) is 2. The largest absolute Gasteiger partial charge is 2.00 e. The monoisotopic (exact) mass is 386 g/mol. The number of rotatable bonds is 1. The van der Waals surface area contributed by atoms with Crippen molar-refractivity contribution in [2.24, 2.45) is 0 Å². The van der Waals surface area contributed by atoms with Crippen molar-refractivity contribution in [1.29, 1.82) is 0 Å². The number of imidazole rings is 1. The molecule has 3 nitrogen and oxygen atoms in total. The summed E-state index contributed by atoms with van der Waals surface area (Å²) >= 11 is 1.43. The molecule has 0 atom stereocenters. The Bertz CT molecular complexity index is 1150. The molecule has 2 aromatic heterocycles. The Balaban J connectivity index is 0.000000264. The molecule has 0 spiro atoms. The summed E-state index contributed by atoms with van der Waals surface area (Å²) in [6.07, 6.45) is 1.91. The van der Waals surface area contributed by atoms with Crippen LogP contribution in [0, 0.1) is 0 Å². The van der Waals surface area contributed by atoms with Crippen LogP contribution in [0.3, 0.4) is 0 Å². The third-order valence-electron chi connectivity index (χ3n) is 3.69. The Hall–Kier alpha value is -2.46. The summed E-state index contributed by atoms with van der Waals surface area (Å²) in [5.41, 5.74) is 2.80. The minimum Gasteiger partial charge on any atom is -0.268 e. The quantitative estimate of drug-likeness (QED) is 0.326. The molecule has 5 aromatic rings. The van der Waals surface area contributed by atoms with Crippen molar-refractivity contribution in [1.82, 2.24) is 9.38 Å². The van der Waals surface area contributed by atoms with Crippen molar-refractivity contribution in [3.05, 3.63) is 99.3 Å². The predicted octanol–water partition coefficient (Wildman–Crippen LogP) is 3.58. The van der Waals surface area contributed by atoms with Gasteiger partial charge in [-0.1, -0.05) is 12.1 Å². The van der Waals surface area contributed by atoms with E-state index in [2.05, 4.69) is 4.98 Å². The van der Waals surface area contributed by atoms with Gasteiger partial charge in [0.25, 0.3) is 5.56 Å². The van der Waals surface area contributed by atoms with Gasteiger partial charge in [0.2, 0.25) is 0 Å². The van der Waals surface area contributed by atoms with Gasteiger partial charge < -0.3 is 0 Å². The maximum Gasteiger partial charge on any atom is 2.00 e. The normalized spacial score (nSPS) is 11.3. The smallest absolute Gasteiger partial charge is 0.268 e. The first-order valence-electron chi connectivity index (χ1n) is 7.63. The molecule has 5 rings (SSSR count). The number of fused-ring (bicyclic) bond motifs is 3. The van der Waals surface area contributed by atoms with Gasteiger partial charge in [-0.05, 0) is 12.1 Å². The fraction of sp³-hybridized carbons (Fsp3) is 0. The molecule has 0 amide bonds. The molecular weight excluding hydrogens is 372 g/mol. The Morgan fingerprint density at radius 3 is 2.48 bits per heavy atom. The van der Waals surface area contributed by atoms with Gasteiger partial charge in [0.05, 0.1) is 15.6 Å². The topological polar surface area (TPSA) is 34.4 Å². The predicted molar refractivity (Wildman–Crippen MR) is 99.7 cm³/mol. The molecule has 2 heterocycles. The van der Waals surface area contributed by atoms with Crippen molar-refractivity contribution in [2.45, 2.75) is 0 Å². The average Bonchev–Trinajstić information content (AvgIpc) is 3.36. The van der Waals surface area contributed by atoms with Crippen molar-refractivity contribution >= 4 is 33.4 Å². The molecular formula is C20H14FeN2OS. The van der Waals surface area contributed by atoms with E-state index in [1.807, 2.05) is 84.9 Å². The average molecular weight is 386 g/mol. The van der Waals surface area contributed by atoms with Crippen molar-refractivity contribution in [3.8, 4) is 0 Å². The maximum absolute atomic E-state index is 12.4. The van der Waals surface area contributed by atoms with Gasteiger partial charge in [0.1, 0.15) is 0 Å². The first-order valence-corrected chi connectivity index (χ1v) is 8.45. The van der Waals surface area contributed by atoms with E-state index in [9.17, 15) is 4.79 Å². The van der Waals surface area contributed by atoms with E-state index in [1.165, 1.54) is 11.3 Å². The molecule has 3 aromatic carbocycles. The summed E-state index contributed by atoms with van der Waals surface area (Å²) in [6, 6.07) is 25.6. The molecule has 0 bridgehead atoms. The minimum absolute atomic E-state index is 0. The van der Waals surface area contributed by atoms with Gasteiger partial charge in [-0.3, -0.25) is 4.79 Å². The second-order valence-corrected chi connectivity index (χ2v) is 6.32. The van der Waals surface area contributed by atoms with E-state index in [1.54, 1.807) is 4.40 Å². The summed E-state index contributed by atoms with van der Waals surface area (Å²) in [6.45, 7) is 0. The second kappa shape index (κ2) is 7.62.